The first-order valence-electron chi connectivity index (χ1n) is 7.84. The van der Waals surface area contributed by atoms with Gasteiger partial charge >= 0.3 is 0 Å². The molecule has 1 nitrogen and oxygen atoms in total. The van der Waals surface area contributed by atoms with Gasteiger partial charge in [0.1, 0.15) is 0 Å². The van der Waals surface area contributed by atoms with Crippen LogP contribution in [0.3, 0.4) is 0 Å². The molecule has 0 amide bonds. The smallest absolute Gasteiger partial charge is 0.0349 e. The topological polar surface area (TPSA) is 3.24 Å². The van der Waals surface area contributed by atoms with E-state index in [0.717, 1.165) is 12.5 Å². The number of rotatable bonds is 3. The highest BCUT2D eigenvalue weighted by molar-refractivity contribution is 7.15. The van der Waals surface area contributed by atoms with E-state index in [2.05, 4.69) is 69.0 Å². The Morgan fingerprint density at radius 2 is 1.81 bits per heavy atom. The van der Waals surface area contributed by atoms with E-state index in [4.69, 9.17) is 0 Å². The second-order valence-corrected chi connectivity index (χ2v) is 8.45. The molecule has 0 spiro atoms. The largest absolute Gasteiger partial charge is 0.298 e. The molecule has 2 aromatic rings. The number of hydrogen-bond acceptors (Lipinski definition) is 2. The molecule has 0 radical (unpaired) electrons. The quantitative estimate of drug-likeness (QED) is 0.756. The average Bonchev–Trinajstić information content (AvgIpc) is 2.87. The van der Waals surface area contributed by atoms with Crippen molar-refractivity contribution in [2.45, 2.75) is 39.7 Å². The summed E-state index contributed by atoms with van der Waals surface area (Å²) in [6, 6.07) is 13.5. The van der Waals surface area contributed by atoms with Crippen molar-refractivity contribution in [1.82, 2.24) is 4.90 Å². The maximum absolute atomic E-state index is 2.54. The predicted molar refractivity (Wildman–Crippen MR) is 92.9 cm³/mol. The molecule has 1 aromatic heterocycles. The van der Waals surface area contributed by atoms with Crippen LogP contribution < -0.4 is 0 Å². The van der Waals surface area contributed by atoms with Crippen LogP contribution in [0.25, 0.3) is 10.4 Å². The Balaban J connectivity index is 1.86. The molecular formula is C19H25NS. The summed E-state index contributed by atoms with van der Waals surface area (Å²) in [5, 5.41) is 0. The standard InChI is InChI=1S/C19H25NS/c1-14-11-20(12-14)13-15-7-5-6-8-16(15)17-9-10-18(21-17)19(2,3)4/h5-10,14H,11-13H2,1-4H3. The molecule has 21 heavy (non-hydrogen) atoms. The molecule has 1 saturated heterocycles. The van der Waals surface area contributed by atoms with Crippen molar-refractivity contribution < 1.29 is 0 Å². The normalized spacial score (nSPS) is 17.0. The Kier molecular flexibility index (Phi) is 3.94. The van der Waals surface area contributed by atoms with Crippen molar-refractivity contribution in [1.29, 1.82) is 0 Å². The molecule has 0 unspecified atom stereocenters. The monoisotopic (exact) mass is 299 g/mol. The van der Waals surface area contributed by atoms with Gasteiger partial charge in [0, 0.05) is 29.4 Å². The minimum absolute atomic E-state index is 0.241. The van der Waals surface area contributed by atoms with E-state index in [0.29, 0.717) is 0 Å². The Labute approximate surface area is 132 Å². The van der Waals surface area contributed by atoms with Gasteiger partial charge in [-0.15, -0.1) is 11.3 Å². The second kappa shape index (κ2) is 5.58. The van der Waals surface area contributed by atoms with E-state index in [9.17, 15) is 0 Å². The highest BCUT2D eigenvalue weighted by Gasteiger charge is 2.23. The summed E-state index contributed by atoms with van der Waals surface area (Å²) >= 11 is 1.94. The van der Waals surface area contributed by atoms with Crippen LogP contribution >= 0.6 is 11.3 Å². The van der Waals surface area contributed by atoms with E-state index < -0.39 is 0 Å². The fourth-order valence-electron chi connectivity index (χ4n) is 2.98. The van der Waals surface area contributed by atoms with Crippen molar-refractivity contribution in [3.63, 3.8) is 0 Å². The van der Waals surface area contributed by atoms with Crippen LogP contribution in [0, 0.1) is 5.92 Å². The number of thiophene rings is 1. The molecule has 3 rings (SSSR count). The zero-order valence-electron chi connectivity index (χ0n) is 13.5. The highest BCUT2D eigenvalue weighted by atomic mass is 32.1. The molecule has 0 atom stereocenters. The van der Waals surface area contributed by atoms with Gasteiger partial charge in [0.25, 0.3) is 0 Å². The molecule has 0 N–H and O–H groups in total. The Morgan fingerprint density at radius 1 is 1.10 bits per heavy atom. The van der Waals surface area contributed by atoms with Gasteiger partial charge in [-0.2, -0.15) is 0 Å². The lowest BCUT2D eigenvalue weighted by Crippen LogP contribution is -2.44. The van der Waals surface area contributed by atoms with Crippen LogP contribution in [0.5, 0.6) is 0 Å². The first kappa shape index (κ1) is 14.8. The first-order chi connectivity index (χ1) is 9.93. The fraction of sp³-hybridized carbons (Fsp3) is 0.474. The van der Waals surface area contributed by atoms with Gasteiger partial charge in [0.05, 0.1) is 0 Å². The molecule has 0 saturated carbocycles. The number of benzene rings is 1. The molecule has 1 fully saturated rings. The lowest BCUT2D eigenvalue weighted by atomic mass is 9.95. The van der Waals surface area contributed by atoms with Crippen LogP contribution in [0.2, 0.25) is 0 Å². The van der Waals surface area contributed by atoms with E-state index >= 15 is 0 Å². The van der Waals surface area contributed by atoms with Gasteiger partial charge in [-0.25, -0.2) is 0 Å². The molecule has 0 aliphatic carbocycles. The minimum Gasteiger partial charge on any atom is -0.298 e. The van der Waals surface area contributed by atoms with Gasteiger partial charge in [-0.05, 0) is 34.6 Å². The summed E-state index contributed by atoms with van der Waals surface area (Å²) in [7, 11) is 0. The summed E-state index contributed by atoms with van der Waals surface area (Å²) in [6.45, 7) is 12.8. The van der Waals surface area contributed by atoms with Crippen LogP contribution in [0.4, 0.5) is 0 Å². The zero-order chi connectivity index (χ0) is 15.0. The summed E-state index contributed by atoms with van der Waals surface area (Å²) < 4.78 is 0. The maximum atomic E-state index is 2.54. The summed E-state index contributed by atoms with van der Waals surface area (Å²) in [5.74, 6) is 0.867. The third-order valence-corrected chi connectivity index (χ3v) is 5.71. The van der Waals surface area contributed by atoms with Crippen LogP contribution in [0.15, 0.2) is 36.4 Å². The highest BCUT2D eigenvalue weighted by Crippen LogP contribution is 2.37. The van der Waals surface area contributed by atoms with Gasteiger partial charge in [-0.3, -0.25) is 4.90 Å². The first-order valence-corrected chi connectivity index (χ1v) is 8.66. The molecule has 0 bridgehead atoms. The fourth-order valence-corrected chi connectivity index (χ4v) is 4.11. The summed E-state index contributed by atoms with van der Waals surface area (Å²) in [6.07, 6.45) is 0. The van der Waals surface area contributed by atoms with Crippen molar-refractivity contribution in [3.8, 4) is 10.4 Å². The predicted octanol–water partition coefficient (Wildman–Crippen LogP) is 5.16. The van der Waals surface area contributed by atoms with E-state index in [-0.39, 0.29) is 5.41 Å². The molecule has 1 aromatic carbocycles. The number of nitrogens with zero attached hydrogens (tertiary/aromatic N) is 1. The van der Waals surface area contributed by atoms with Crippen molar-refractivity contribution in [2.24, 2.45) is 5.92 Å². The SMILES string of the molecule is CC1CN(Cc2ccccc2-c2ccc(C(C)(C)C)s2)C1. The van der Waals surface area contributed by atoms with Crippen molar-refractivity contribution in [2.75, 3.05) is 13.1 Å². The molecule has 1 aliphatic rings. The van der Waals surface area contributed by atoms with E-state index in [1.54, 1.807) is 0 Å². The van der Waals surface area contributed by atoms with Gasteiger partial charge in [0.2, 0.25) is 0 Å². The Morgan fingerprint density at radius 3 is 2.43 bits per heavy atom. The minimum atomic E-state index is 0.241. The van der Waals surface area contributed by atoms with E-state index in [1.807, 2.05) is 11.3 Å². The lowest BCUT2D eigenvalue weighted by molar-refractivity contribution is 0.105. The summed E-state index contributed by atoms with van der Waals surface area (Å²) in [4.78, 5) is 5.41. The van der Waals surface area contributed by atoms with Gasteiger partial charge in [-0.1, -0.05) is 52.0 Å². The average molecular weight is 299 g/mol. The third-order valence-electron chi connectivity index (χ3n) is 4.16. The van der Waals surface area contributed by atoms with Gasteiger partial charge < -0.3 is 0 Å². The Hall–Kier alpha value is -1.12. The number of likely N-dealkylation sites (tertiary alicyclic amines) is 1. The lowest BCUT2D eigenvalue weighted by Gasteiger charge is -2.37. The van der Waals surface area contributed by atoms with Crippen LogP contribution in [-0.2, 0) is 12.0 Å². The third kappa shape index (κ3) is 3.22. The van der Waals surface area contributed by atoms with E-state index in [1.165, 1.54) is 34.0 Å². The maximum Gasteiger partial charge on any atom is 0.0349 e. The summed E-state index contributed by atoms with van der Waals surface area (Å²) in [5.41, 5.74) is 3.12. The molecule has 1 aliphatic heterocycles. The second-order valence-electron chi connectivity index (χ2n) is 7.37. The number of hydrogen-bond donors (Lipinski definition) is 0. The van der Waals surface area contributed by atoms with Crippen molar-refractivity contribution in [3.05, 3.63) is 46.8 Å². The molecule has 112 valence electrons. The molecule has 2 heteroatoms. The molecule has 2 heterocycles. The Bertz CT molecular complexity index is 614. The van der Waals surface area contributed by atoms with Crippen molar-refractivity contribution >= 4 is 11.3 Å². The van der Waals surface area contributed by atoms with Crippen LogP contribution in [-0.4, -0.2) is 18.0 Å². The molecular weight excluding hydrogens is 274 g/mol. The van der Waals surface area contributed by atoms with Gasteiger partial charge in [0.15, 0.2) is 0 Å². The zero-order valence-corrected chi connectivity index (χ0v) is 14.3. The van der Waals surface area contributed by atoms with Crippen LogP contribution in [0.1, 0.15) is 38.1 Å².